The highest BCUT2D eigenvalue weighted by Gasteiger charge is 2.41. The van der Waals surface area contributed by atoms with Crippen LogP contribution in [0, 0.1) is 10.1 Å². The fraction of sp³-hybridized carbons (Fsp3) is 0.143. The van der Waals surface area contributed by atoms with Gasteiger partial charge in [-0.3, -0.25) is 10.1 Å². The minimum Gasteiger partial charge on any atom is -0.258 e. The van der Waals surface area contributed by atoms with E-state index in [1.807, 2.05) is 0 Å². The lowest BCUT2D eigenvalue weighted by atomic mass is 9.93. The molecule has 2 aromatic carbocycles. The van der Waals surface area contributed by atoms with Crippen molar-refractivity contribution in [3.05, 3.63) is 63.7 Å². The standard InChI is InChI=1S/C14H7F6NO2/c15-13(16,17)9-5-2-1-4-8(9)12-10(14(18,19)20)6-3-7-11(12)21(22)23/h1-7H. The maximum absolute atomic E-state index is 13.1. The zero-order chi connectivity index (χ0) is 17.4. The summed E-state index contributed by atoms with van der Waals surface area (Å²) < 4.78 is 78.4. The molecule has 0 saturated carbocycles. The van der Waals surface area contributed by atoms with E-state index in [9.17, 15) is 36.5 Å². The van der Waals surface area contributed by atoms with Gasteiger partial charge in [0.2, 0.25) is 0 Å². The number of hydrogen-bond donors (Lipinski definition) is 0. The highest BCUT2D eigenvalue weighted by molar-refractivity contribution is 5.80. The van der Waals surface area contributed by atoms with Crippen LogP contribution in [0.1, 0.15) is 11.1 Å². The molecule has 122 valence electrons. The van der Waals surface area contributed by atoms with Gasteiger partial charge >= 0.3 is 12.4 Å². The van der Waals surface area contributed by atoms with Gasteiger partial charge in [0, 0.05) is 11.6 Å². The molecule has 2 aromatic rings. The second-order valence-corrected chi connectivity index (χ2v) is 4.50. The SMILES string of the molecule is O=[N+]([O-])c1cccc(C(F)(F)F)c1-c1ccccc1C(F)(F)F. The van der Waals surface area contributed by atoms with Gasteiger partial charge in [-0.05, 0) is 12.1 Å². The Morgan fingerprint density at radius 1 is 0.783 bits per heavy atom. The van der Waals surface area contributed by atoms with Crippen LogP contribution in [0.2, 0.25) is 0 Å². The first kappa shape index (κ1) is 16.8. The summed E-state index contributed by atoms with van der Waals surface area (Å²) in [5.74, 6) is 0. The number of rotatable bonds is 2. The molecular weight excluding hydrogens is 328 g/mol. The molecule has 0 bridgehead atoms. The summed E-state index contributed by atoms with van der Waals surface area (Å²) in [6.07, 6.45) is -10.00. The van der Waals surface area contributed by atoms with Gasteiger partial charge in [0.05, 0.1) is 21.6 Å². The normalized spacial score (nSPS) is 12.3. The van der Waals surface area contributed by atoms with Crippen molar-refractivity contribution < 1.29 is 31.3 Å². The lowest BCUT2D eigenvalue weighted by Crippen LogP contribution is -2.12. The smallest absolute Gasteiger partial charge is 0.258 e. The second-order valence-electron chi connectivity index (χ2n) is 4.50. The fourth-order valence-electron chi connectivity index (χ4n) is 2.16. The van der Waals surface area contributed by atoms with Crippen molar-refractivity contribution in [3.63, 3.8) is 0 Å². The van der Waals surface area contributed by atoms with E-state index in [4.69, 9.17) is 0 Å². The van der Waals surface area contributed by atoms with Crippen LogP contribution in [0.5, 0.6) is 0 Å². The minimum absolute atomic E-state index is 0.509. The Morgan fingerprint density at radius 2 is 1.30 bits per heavy atom. The molecule has 0 aliphatic carbocycles. The Bertz CT molecular complexity index is 752. The Kier molecular flexibility index (Phi) is 4.06. The van der Waals surface area contributed by atoms with Gasteiger partial charge in [0.15, 0.2) is 0 Å². The molecule has 0 aliphatic heterocycles. The van der Waals surface area contributed by atoms with Crippen molar-refractivity contribution >= 4 is 5.69 Å². The summed E-state index contributed by atoms with van der Waals surface area (Å²) in [5, 5.41) is 11.0. The Morgan fingerprint density at radius 3 is 1.83 bits per heavy atom. The van der Waals surface area contributed by atoms with Crippen LogP contribution < -0.4 is 0 Å². The molecule has 9 heteroatoms. The van der Waals surface area contributed by atoms with E-state index < -0.39 is 45.2 Å². The number of alkyl halides is 6. The lowest BCUT2D eigenvalue weighted by molar-refractivity contribution is -0.384. The van der Waals surface area contributed by atoms with E-state index in [1.54, 1.807) is 0 Å². The van der Waals surface area contributed by atoms with Crippen LogP contribution in [0.4, 0.5) is 32.0 Å². The number of nitro groups is 1. The van der Waals surface area contributed by atoms with Crippen LogP contribution in [-0.4, -0.2) is 4.92 Å². The second kappa shape index (κ2) is 5.56. The molecule has 23 heavy (non-hydrogen) atoms. The zero-order valence-corrected chi connectivity index (χ0v) is 11.1. The molecule has 0 saturated heterocycles. The highest BCUT2D eigenvalue weighted by Crippen LogP contribution is 2.46. The third-order valence-electron chi connectivity index (χ3n) is 3.05. The molecule has 0 atom stereocenters. The zero-order valence-electron chi connectivity index (χ0n) is 11.1. The first-order valence-electron chi connectivity index (χ1n) is 6.04. The van der Waals surface area contributed by atoms with E-state index in [0.29, 0.717) is 12.1 Å². The maximum atomic E-state index is 13.1. The van der Waals surface area contributed by atoms with Gasteiger partial charge in [-0.2, -0.15) is 26.3 Å². The van der Waals surface area contributed by atoms with E-state index in [2.05, 4.69) is 0 Å². The molecule has 2 rings (SSSR count). The average molecular weight is 335 g/mol. The summed E-state index contributed by atoms with van der Waals surface area (Å²) in [4.78, 5) is 9.85. The van der Waals surface area contributed by atoms with Gasteiger partial charge in [0.25, 0.3) is 5.69 Å². The average Bonchev–Trinajstić information content (AvgIpc) is 2.44. The van der Waals surface area contributed by atoms with Crippen molar-refractivity contribution in [1.29, 1.82) is 0 Å². The third kappa shape index (κ3) is 3.27. The number of halogens is 6. The van der Waals surface area contributed by atoms with Crippen molar-refractivity contribution in [2.45, 2.75) is 12.4 Å². The largest absolute Gasteiger partial charge is 0.417 e. The quantitative estimate of drug-likeness (QED) is 0.425. The monoisotopic (exact) mass is 335 g/mol. The predicted molar refractivity (Wildman–Crippen MR) is 68.5 cm³/mol. The minimum atomic E-state index is -5.04. The topological polar surface area (TPSA) is 43.1 Å². The Labute approximate surface area is 125 Å². The highest BCUT2D eigenvalue weighted by atomic mass is 19.4. The van der Waals surface area contributed by atoms with Gasteiger partial charge < -0.3 is 0 Å². The first-order valence-corrected chi connectivity index (χ1v) is 6.04. The van der Waals surface area contributed by atoms with Crippen molar-refractivity contribution in [1.82, 2.24) is 0 Å². The molecule has 0 spiro atoms. The molecule has 0 aliphatic rings. The molecule has 0 N–H and O–H groups in total. The van der Waals surface area contributed by atoms with E-state index in [1.165, 1.54) is 0 Å². The fourth-order valence-corrected chi connectivity index (χ4v) is 2.16. The molecule has 0 unspecified atom stereocenters. The summed E-state index contributed by atoms with van der Waals surface area (Å²) in [6, 6.07) is 5.45. The summed E-state index contributed by atoms with van der Waals surface area (Å²) in [7, 11) is 0. The Balaban J connectivity index is 2.91. The molecule has 0 radical (unpaired) electrons. The molecular formula is C14H7F6NO2. The maximum Gasteiger partial charge on any atom is 0.417 e. The number of hydrogen-bond acceptors (Lipinski definition) is 2. The predicted octanol–water partition coefficient (Wildman–Crippen LogP) is 5.30. The van der Waals surface area contributed by atoms with Crippen LogP contribution in [-0.2, 0) is 12.4 Å². The van der Waals surface area contributed by atoms with Gasteiger partial charge in [-0.15, -0.1) is 0 Å². The summed E-state index contributed by atoms with van der Waals surface area (Å²) in [6.45, 7) is 0. The van der Waals surface area contributed by atoms with E-state index >= 15 is 0 Å². The molecule has 3 nitrogen and oxygen atoms in total. The van der Waals surface area contributed by atoms with Crippen molar-refractivity contribution in [2.24, 2.45) is 0 Å². The van der Waals surface area contributed by atoms with Gasteiger partial charge in [-0.25, -0.2) is 0 Å². The van der Waals surface area contributed by atoms with Gasteiger partial charge in [-0.1, -0.05) is 24.3 Å². The first-order chi connectivity index (χ1) is 10.5. The molecule has 0 aromatic heterocycles. The van der Waals surface area contributed by atoms with Crippen molar-refractivity contribution in [3.8, 4) is 11.1 Å². The van der Waals surface area contributed by atoms with Gasteiger partial charge in [0.1, 0.15) is 0 Å². The number of nitrogens with zero attached hydrogens (tertiary/aromatic N) is 1. The van der Waals surface area contributed by atoms with Crippen LogP contribution >= 0.6 is 0 Å². The van der Waals surface area contributed by atoms with E-state index in [-0.39, 0.29) is 0 Å². The number of nitro benzene ring substituents is 1. The third-order valence-corrected chi connectivity index (χ3v) is 3.05. The molecule has 0 fully saturated rings. The van der Waals surface area contributed by atoms with Crippen LogP contribution in [0.25, 0.3) is 11.1 Å². The molecule has 0 amide bonds. The van der Waals surface area contributed by atoms with E-state index in [0.717, 1.165) is 30.3 Å². The number of benzene rings is 2. The van der Waals surface area contributed by atoms with Crippen molar-refractivity contribution in [2.75, 3.05) is 0 Å². The van der Waals surface area contributed by atoms with Crippen LogP contribution in [0.3, 0.4) is 0 Å². The summed E-state index contributed by atoms with van der Waals surface area (Å²) in [5.41, 5.74) is -5.91. The van der Waals surface area contributed by atoms with Crippen LogP contribution in [0.15, 0.2) is 42.5 Å². The Hall–Kier alpha value is -2.58. The lowest BCUT2D eigenvalue weighted by Gasteiger charge is -2.17. The summed E-state index contributed by atoms with van der Waals surface area (Å²) >= 11 is 0. The molecule has 0 heterocycles.